The summed E-state index contributed by atoms with van der Waals surface area (Å²) in [5.41, 5.74) is 1.51. The fourth-order valence-corrected chi connectivity index (χ4v) is 3.78. The highest BCUT2D eigenvalue weighted by molar-refractivity contribution is 6.51. The standard InChI is InChI=1S/C26H23NO5/c1-16(2)32-21-14-10-18(11-15-21)24(29)22-23(17-8-12-20(28)13-9-17)27(26(31)25(22)30)19-6-4-3-5-7-19/h3-16,23,28-29H,1-2H3/b24-22-. The van der Waals surface area contributed by atoms with Gasteiger partial charge in [0.1, 0.15) is 17.3 Å². The number of ketones is 1. The molecular weight excluding hydrogens is 406 g/mol. The number of Topliss-reactive ketones (excluding diaryl/α,β-unsaturated/α-hetero) is 1. The molecule has 1 amide bonds. The Kier molecular flexibility index (Phi) is 5.69. The molecule has 3 aromatic carbocycles. The molecule has 2 N–H and O–H groups in total. The Morgan fingerprint density at radius 2 is 1.53 bits per heavy atom. The molecule has 0 spiro atoms. The third kappa shape index (κ3) is 3.95. The van der Waals surface area contributed by atoms with E-state index in [0.29, 0.717) is 22.6 Å². The molecule has 1 unspecified atom stereocenters. The van der Waals surface area contributed by atoms with Gasteiger partial charge in [0.2, 0.25) is 0 Å². The maximum absolute atomic E-state index is 13.1. The predicted molar refractivity (Wildman–Crippen MR) is 122 cm³/mol. The van der Waals surface area contributed by atoms with E-state index in [9.17, 15) is 19.8 Å². The fraction of sp³-hybridized carbons (Fsp3) is 0.154. The van der Waals surface area contributed by atoms with Gasteiger partial charge >= 0.3 is 0 Å². The van der Waals surface area contributed by atoms with Crippen LogP contribution in [0.25, 0.3) is 5.76 Å². The number of hydrogen-bond donors (Lipinski definition) is 2. The first-order chi connectivity index (χ1) is 15.4. The minimum Gasteiger partial charge on any atom is -0.508 e. The average Bonchev–Trinajstić information content (AvgIpc) is 3.05. The summed E-state index contributed by atoms with van der Waals surface area (Å²) < 4.78 is 5.64. The number of hydrogen-bond acceptors (Lipinski definition) is 5. The predicted octanol–water partition coefficient (Wildman–Crippen LogP) is 4.81. The van der Waals surface area contributed by atoms with Crippen LogP contribution in [-0.4, -0.2) is 28.0 Å². The molecule has 0 saturated carbocycles. The number of para-hydroxylation sites is 1. The van der Waals surface area contributed by atoms with Gasteiger partial charge in [-0.1, -0.05) is 30.3 Å². The third-order valence-electron chi connectivity index (χ3n) is 5.19. The number of amides is 1. The van der Waals surface area contributed by atoms with Gasteiger partial charge in [-0.15, -0.1) is 0 Å². The number of aliphatic hydroxyl groups excluding tert-OH is 1. The summed E-state index contributed by atoms with van der Waals surface area (Å²) in [6.45, 7) is 3.83. The Balaban J connectivity index is 1.85. The van der Waals surface area contributed by atoms with Crippen molar-refractivity contribution in [3.8, 4) is 11.5 Å². The number of aromatic hydroxyl groups is 1. The van der Waals surface area contributed by atoms with Crippen LogP contribution in [0.2, 0.25) is 0 Å². The summed E-state index contributed by atoms with van der Waals surface area (Å²) in [6, 6.07) is 20.9. The lowest BCUT2D eigenvalue weighted by Gasteiger charge is -2.25. The molecule has 3 aromatic rings. The van der Waals surface area contributed by atoms with Gasteiger partial charge < -0.3 is 14.9 Å². The minimum absolute atomic E-state index is 0.000130. The second kappa shape index (κ2) is 8.59. The number of carbonyl (C=O) groups is 2. The maximum Gasteiger partial charge on any atom is 0.300 e. The lowest BCUT2D eigenvalue weighted by Crippen LogP contribution is -2.29. The molecule has 0 radical (unpaired) electrons. The first kappa shape index (κ1) is 21.2. The molecule has 1 heterocycles. The monoisotopic (exact) mass is 429 g/mol. The summed E-state index contributed by atoms with van der Waals surface area (Å²) >= 11 is 0. The highest BCUT2D eigenvalue weighted by atomic mass is 16.5. The van der Waals surface area contributed by atoms with E-state index in [1.807, 2.05) is 19.9 Å². The summed E-state index contributed by atoms with van der Waals surface area (Å²) in [6.07, 6.45) is 0.000130. The minimum atomic E-state index is -0.843. The zero-order valence-electron chi connectivity index (χ0n) is 17.7. The molecule has 6 nitrogen and oxygen atoms in total. The number of phenolic OH excluding ortho intramolecular Hbond substituents is 1. The van der Waals surface area contributed by atoms with Crippen molar-refractivity contribution in [2.75, 3.05) is 4.90 Å². The molecule has 1 fully saturated rings. The van der Waals surface area contributed by atoms with Crippen LogP contribution in [0.4, 0.5) is 5.69 Å². The molecule has 4 rings (SSSR count). The van der Waals surface area contributed by atoms with Crippen LogP contribution in [0.5, 0.6) is 11.5 Å². The highest BCUT2D eigenvalue weighted by Crippen LogP contribution is 2.42. The number of carbonyl (C=O) groups excluding carboxylic acids is 2. The van der Waals surface area contributed by atoms with Crippen molar-refractivity contribution in [1.29, 1.82) is 0 Å². The molecular formula is C26H23NO5. The summed E-state index contributed by atoms with van der Waals surface area (Å²) in [5, 5.41) is 20.8. The molecule has 162 valence electrons. The van der Waals surface area contributed by atoms with E-state index in [1.54, 1.807) is 60.7 Å². The first-order valence-electron chi connectivity index (χ1n) is 10.3. The van der Waals surface area contributed by atoms with Gasteiger partial charge in [0.15, 0.2) is 0 Å². The summed E-state index contributed by atoms with van der Waals surface area (Å²) in [4.78, 5) is 27.5. The molecule has 32 heavy (non-hydrogen) atoms. The average molecular weight is 429 g/mol. The van der Waals surface area contributed by atoms with Crippen LogP contribution in [0.3, 0.4) is 0 Å². The van der Waals surface area contributed by atoms with Crippen molar-refractivity contribution >= 4 is 23.1 Å². The number of rotatable bonds is 5. The van der Waals surface area contributed by atoms with E-state index < -0.39 is 17.7 Å². The van der Waals surface area contributed by atoms with Crippen LogP contribution < -0.4 is 9.64 Å². The quantitative estimate of drug-likeness (QED) is 0.345. The topological polar surface area (TPSA) is 87.1 Å². The van der Waals surface area contributed by atoms with E-state index in [0.717, 1.165) is 0 Å². The smallest absolute Gasteiger partial charge is 0.300 e. The Morgan fingerprint density at radius 1 is 0.906 bits per heavy atom. The van der Waals surface area contributed by atoms with Crippen LogP contribution in [0.1, 0.15) is 31.0 Å². The van der Waals surface area contributed by atoms with Crippen LogP contribution in [-0.2, 0) is 9.59 Å². The molecule has 1 aliphatic heterocycles. The number of ether oxygens (including phenoxy) is 1. The van der Waals surface area contributed by atoms with Crippen LogP contribution in [0, 0.1) is 0 Å². The number of nitrogens with zero attached hydrogens (tertiary/aromatic N) is 1. The molecule has 1 aliphatic rings. The van der Waals surface area contributed by atoms with E-state index in [1.165, 1.54) is 17.0 Å². The number of benzene rings is 3. The Bertz CT molecular complexity index is 1170. The molecule has 0 aromatic heterocycles. The number of anilines is 1. The molecule has 1 atom stereocenters. The number of aliphatic hydroxyl groups is 1. The van der Waals surface area contributed by atoms with Crippen molar-refractivity contribution in [3.05, 3.63) is 95.6 Å². The lowest BCUT2D eigenvalue weighted by atomic mass is 9.95. The molecule has 1 saturated heterocycles. The van der Waals surface area contributed by atoms with Gasteiger partial charge in [-0.25, -0.2) is 0 Å². The molecule has 6 heteroatoms. The fourth-order valence-electron chi connectivity index (χ4n) is 3.78. The second-order valence-corrected chi connectivity index (χ2v) is 7.79. The zero-order valence-corrected chi connectivity index (χ0v) is 17.7. The lowest BCUT2D eigenvalue weighted by molar-refractivity contribution is -0.132. The van der Waals surface area contributed by atoms with E-state index in [-0.39, 0.29) is 23.2 Å². The third-order valence-corrected chi connectivity index (χ3v) is 5.19. The van der Waals surface area contributed by atoms with E-state index in [4.69, 9.17) is 4.74 Å². The van der Waals surface area contributed by atoms with Crippen molar-refractivity contribution in [3.63, 3.8) is 0 Å². The van der Waals surface area contributed by atoms with Gasteiger partial charge in [-0.3, -0.25) is 14.5 Å². The zero-order chi connectivity index (χ0) is 22.8. The Morgan fingerprint density at radius 3 is 2.12 bits per heavy atom. The first-order valence-corrected chi connectivity index (χ1v) is 10.3. The Hall–Kier alpha value is -4.06. The Labute approximate surface area is 186 Å². The normalized spacial score (nSPS) is 17.7. The van der Waals surface area contributed by atoms with Gasteiger partial charge in [-0.05, 0) is 67.9 Å². The van der Waals surface area contributed by atoms with Gasteiger partial charge in [0.05, 0.1) is 17.7 Å². The highest BCUT2D eigenvalue weighted by Gasteiger charge is 2.46. The largest absolute Gasteiger partial charge is 0.508 e. The van der Waals surface area contributed by atoms with Gasteiger partial charge in [0, 0.05) is 11.3 Å². The SMILES string of the molecule is CC(C)Oc1ccc(/C(O)=C2/C(=O)C(=O)N(c3ccccc3)C2c2ccc(O)cc2)cc1. The van der Waals surface area contributed by atoms with E-state index >= 15 is 0 Å². The van der Waals surface area contributed by atoms with Crippen LogP contribution >= 0.6 is 0 Å². The summed E-state index contributed by atoms with van der Waals surface area (Å²) in [5.74, 6) is -1.07. The van der Waals surface area contributed by atoms with Gasteiger partial charge in [-0.2, -0.15) is 0 Å². The maximum atomic E-state index is 13.1. The van der Waals surface area contributed by atoms with Crippen molar-refractivity contribution in [2.24, 2.45) is 0 Å². The van der Waals surface area contributed by atoms with Crippen molar-refractivity contribution < 1.29 is 24.5 Å². The molecule has 0 aliphatic carbocycles. The van der Waals surface area contributed by atoms with E-state index in [2.05, 4.69) is 0 Å². The van der Waals surface area contributed by atoms with Crippen molar-refractivity contribution in [2.45, 2.75) is 26.0 Å². The second-order valence-electron chi connectivity index (χ2n) is 7.79. The van der Waals surface area contributed by atoms with Gasteiger partial charge in [0.25, 0.3) is 11.7 Å². The van der Waals surface area contributed by atoms with Crippen molar-refractivity contribution in [1.82, 2.24) is 0 Å². The molecule has 0 bridgehead atoms. The summed E-state index contributed by atoms with van der Waals surface area (Å²) in [7, 11) is 0. The van der Waals surface area contributed by atoms with Crippen LogP contribution in [0.15, 0.2) is 84.4 Å². The number of phenols is 1.